The zero-order valence-electron chi connectivity index (χ0n) is 11.7. The largest absolute Gasteiger partial charge is 0.496 e. The summed E-state index contributed by atoms with van der Waals surface area (Å²) < 4.78 is 10.3. The van der Waals surface area contributed by atoms with E-state index in [0.29, 0.717) is 18.0 Å². The van der Waals surface area contributed by atoms with Crippen LogP contribution in [0.2, 0.25) is 0 Å². The lowest BCUT2D eigenvalue weighted by Crippen LogP contribution is -2.25. The molecular formula is C13H20N2O4. The average Bonchev–Trinajstić information content (AvgIpc) is 2.38. The topological polar surface area (TPSA) is 73.6 Å². The standard InChI is InChI=1S/C13H20N2O4/c1-13(2,19-4)7-8-14-11-6-5-10(18-3)9-12(11)15(16)17/h5-6,9,14H,7-8H2,1-4H3. The summed E-state index contributed by atoms with van der Waals surface area (Å²) in [5.74, 6) is 0.467. The number of hydrogen-bond donors (Lipinski definition) is 1. The van der Waals surface area contributed by atoms with E-state index in [2.05, 4.69) is 5.32 Å². The summed E-state index contributed by atoms with van der Waals surface area (Å²) in [7, 11) is 3.13. The van der Waals surface area contributed by atoms with Gasteiger partial charge in [-0.15, -0.1) is 0 Å². The monoisotopic (exact) mass is 268 g/mol. The molecule has 106 valence electrons. The highest BCUT2D eigenvalue weighted by Crippen LogP contribution is 2.29. The summed E-state index contributed by atoms with van der Waals surface area (Å²) in [6, 6.07) is 4.75. The van der Waals surface area contributed by atoms with Gasteiger partial charge in [-0.25, -0.2) is 0 Å². The van der Waals surface area contributed by atoms with Crippen LogP contribution in [0.4, 0.5) is 11.4 Å². The number of nitro groups is 1. The minimum atomic E-state index is -0.424. The molecule has 0 fully saturated rings. The number of methoxy groups -OCH3 is 2. The highest BCUT2D eigenvalue weighted by molar-refractivity contribution is 5.63. The molecule has 0 unspecified atom stereocenters. The molecule has 0 spiro atoms. The quantitative estimate of drug-likeness (QED) is 0.608. The van der Waals surface area contributed by atoms with Crippen molar-refractivity contribution < 1.29 is 14.4 Å². The summed E-state index contributed by atoms with van der Waals surface area (Å²) >= 11 is 0. The Kier molecular flexibility index (Phi) is 5.11. The summed E-state index contributed by atoms with van der Waals surface area (Å²) in [5, 5.41) is 14.1. The molecule has 6 heteroatoms. The van der Waals surface area contributed by atoms with Crippen molar-refractivity contribution in [3.63, 3.8) is 0 Å². The van der Waals surface area contributed by atoms with Crippen LogP contribution in [0.5, 0.6) is 5.75 Å². The van der Waals surface area contributed by atoms with Gasteiger partial charge >= 0.3 is 0 Å². The Bertz CT molecular complexity index is 446. The Balaban J connectivity index is 2.75. The summed E-state index contributed by atoms with van der Waals surface area (Å²) in [6.07, 6.45) is 0.743. The molecule has 1 N–H and O–H groups in total. The third-order valence-corrected chi connectivity index (χ3v) is 3.00. The average molecular weight is 268 g/mol. The van der Waals surface area contributed by atoms with Crippen LogP contribution < -0.4 is 10.1 Å². The molecule has 1 rings (SSSR count). The van der Waals surface area contributed by atoms with Crippen molar-refractivity contribution in [1.29, 1.82) is 0 Å². The molecule has 0 aliphatic heterocycles. The fraction of sp³-hybridized carbons (Fsp3) is 0.538. The van der Waals surface area contributed by atoms with E-state index in [9.17, 15) is 10.1 Å². The molecule has 0 heterocycles. The van der Waals surface area contributed by atoms with Crippen LogP contribution in [0.15, 0.2) is 18.2 Å². The lowest BCUT2D eigenvalue weighted by atomic mass is 10.1. The zero-order chi connectivity index (χ0) is 14.5. The van der Waals surface area contributed by atoms with Gasteiger partial charge in [-0.1, -0.05) is 0 Å². The minimum absolute atomic E-state index is 0.00886. The van der Waals surface area contributed by atoms with Gasteiger partial charge in [0.25, 0.3) is 5.69 Å². The fourth-order valence-electron chi connectivity index (χ4n) is 1.54. The van der Waals surface area contributed by atoms with Crippen LogP contribution in [-0.2, 0) is 4.74 Å². The zero-order valence-corrected chi connectivity index (χ0v) is 11.7. The van der Waals surface area contributed by atoms with Gasteiger partial charge in [0.2, 0.25) is 0 Å². The molecule has 0 aliphatic carbocycles. The molecule has 0 atom stereocenters. The van der Waals surface area contributed by atoms with Gasteiger partial charge in [-0.2, -0.15) is 0 Å². The maximum Gasteiger partial charge on any atom is 0.296 e. The van der Waals surface area contributed by atoms with E-state index in [0.717, 1.165) is 6.42 Å². The summed E-state index contributed by atoms with van der Waals surface area (Å²) in [6.45, 7) is 4.53. The first kappa shape index (κ1) is 15.2. The lowest BCUT2D eigenvalue weighted by Gasteiger charge is -2.23. The number of hydrogen-bond acceptors (Lipinski definition) is 5. The molecule has 0 radical (unpaired) electrons. The second-order valence-corrected chi connectivity index (χ2v) is 4.78. The lowest BCUT2D eigenvalue weighted by molar-refractivity contribution is -0.384. The Morgan fingerprint density at radius 3 is 2.58 bits per heavy atom. The maximum absolute atomic E-state index is 11.0. The summed E-state index contributed by atoms with van der Waals surface area (Å²) in [4.78, 5) is 10.6. The number of rotatable bonds is 7. The van der Waals surface area contributed by atoms with Gasteiger partial charge in [0.15, 0.2) is 0 Å². The molecule has 0 saturated carbocycles. The molecule has 6 nitrogen and oxygen atoms in total. The van der Waals surface area contributed by atoms with E-state index in [1.807, 2.05) is 13.8 Å². The number of anilines is 1. The van der Waals surface area contributed by atoms with Crippen LogP contribution in [0.1, 0.15) is 20.3 Å². The number of nitrogens with zero attached hydrogens (tertiary/aromatic N) is 1. The highest BCUT2D eigenvalue weighted by atomic mass is 16.6. The van der Waals surface area contributed by atoms with Crippen molar-refractivity contribution >= 4 is 11.4 Å². The molecule has 0 aromatic heterocycles. The first-order valence-corrected chi connectivity index (χ1v) is 6.01. The Labute approximate surface area is 112 Å². The molecular weight excluding hydrogens is 248 g/mol. The van der Waals surface area contributed by atoms with Crippen molar-refractivity contribution in [2.24, 2.45) is 0 Å². The maximum atomic E-state index is 11.0. The molecule has 19 heavy (non-hydrogen) atoms. The van der Waals surface area contributed by atoms with Gasteiger partial charge in [-0.3, -0.25) is 10.1 Å². The van der Waals surface area contributed by atoms with Gasteiger partial charge < -0.3 is 14.8 Å². The second kappa shape index (κ2) is 6.38. The van der Waals surface area contributed by atoms with Gasteiger partial charge in [-0.05, 0) is 32.4 Å². The second-order valence-electron chi connectivity index (χ2n) is 4.78. The Morgan fingerprint density at radius 1 is 1.37 bits per heavy atom. The predicted octanol–water partition coefficient (Wildman–Crippen LogP) is 2.83. The molecule has 0 saturated heterocycles. The number of nitrogens with one attached hydrogen (secondary N) is 1. The fourth-order valence-corrected chi connectivity index (χ4v) is 1.54. The Hall–Kier alpha value is -1.82. The van der Waals surface area contributed by atoms with Crippen LogP contribution in [0.25, 0.3) is 0 Å². The predicted molar refractivity (Wildman–Crippen MR) is 73.8 cm³/mol. The number of ether oxygens (including phenoxy) is 2. The van der Waals surface area contributed by atoms with Crippen molar-refractivity contribution in [3.8, 4) is 5.75 Å². The van der Waals surface area contributed by atoms with Crippen molar-refractivity contribution in [1.82, 2.24) is 0 Å². The van der Waals surface area contributed by atoms with E-state index in [4.69, 9.17) is 9.47 Å². The smallest absolute Gasteiger partial charge is 0.296 e. The first-order chi connectivity index (χ1) is 8.89. The van der Waals surface area contributed by atoms with Gasteiger partial charge in [0.05, 0.1) is 23.7 Å². The van der Waals surface area contributed by atoms with E-state index >= 15 is 0 Å². The molecule has 1 aromatic carbocycles. The number of benzene rings is 1. The first-order valence-electron chi connectivity index (χ1n) is 6.01. The van der Waals surface area contributed by atoms with E-state index in [-0.39, 0.29) is 11.3 Å². The third-order valence-electron chi connectivity index (χ3n) is 3.00. The molecule has 0 bridgehead atoms. The van der Waals surface area contributed by atoms with Crippen LogP contribution in [0.3, 0.4) is 0 Å². The SMILES string of the molecule is COc1ccc(NCCC(C)(C)OC)c([N+](=O)[O-])c1. The van der Waals surface area contributed by atoms with E-state index < -0.39 is 4.92 Å². The van der Waals surface area contributed by atoms with Gasteiger partial charge in [0.1, 0.15) is 11.4 Å². The van der Waals surface area contributed by atoms with Crippen molar-refractivity contribution in [2.45, 2.75) is 25.9 Å². The molecule has 0 amide bonds. The van der Waals surface area contributed by atoms with Crippen LogP contribution in [0, 0.1) is 10.1 Å². The molecule has 1 aromatic rings. The summed E-state index contributed by atoms with van der Waals surface area (Å²) in [5.41, 5.74) is 0.237. The van der Waals surface area contributed by atoms with E-state index in [1.54, 1.807) is 19.2 Å². The highest BCUT2D eigenvalue weighted by Gasteiger charge is 2.18. The minimum Gasteiger partial charge on any atom is -0.496 e. The van der Waals surface area contributed by atoms with Crippen molar-refractivity contribution in [2.75, 3.05) is 26.1 Å². The van der Waals surface area contributed by atoms with Gasteiger partial charge in [0, 0.05) is 13.7 Å². The normalized spacial score (nSPS) is 11.2. The van der Waals surface area contributed by atoms with Crippen molar-refractivity contribution in [3.05, 3.63) is 28.3 Å². The molecule has 0 aliphatic rings. The van der Waals surface area contributed by atoms with Crippen LogP contribution in [-0.4, -0.2) is 31.3 Å². The third kappa shape index (κ3) is 4.40. The van der Waals surface area contributed by atoms with E-state index in [1.165, 1.54) is 13.2 Å². The Morgan fingerprint density at radius 2 is 2.05 bits per heavy atom. The number of nitro benzene ring substituents is 1. The van der Waals surface area contributed by atoms with Crippen LogP contribution >= 0.6 is 0 Å².